The maximum atomic E-state index is 5.52. The molecule has 0 fully saturated rings. The van der Waals surface area contributed by atoms with Gasteiger partial charge in [0.05, 0.1) is 0 Å². The van der Waals surface area contributed by atoms with Crippen molar-refractivity contribution >= 4 is 5.69 Å². The Kier molecular flexibility index (Phi) is 5.71. The summed E-state index contributed by atoms with van der Waals surface area (Å²) in [5, 5.41) is 0. The Bertz CT molecular complexity index is 375. The molecule has 1 unspecified atom stereocenters. The Labute approximate surface area is 118 Å². The van der Waals surface area contributed by atoms with Crippen molar-refractivity contribution in [2.45, 2.75) is 45.4 Å². The van der Waals surface area contributed by atoms with Crippen LogP contribution in [0.3, 0.4) is 0 Å². The van der Waals surface area contributed by atoms with Gasteiger partial charge < -0.3 is 10.6 Å². The van der Waals surface area contributed by atoms with Gasteiger partial charge in [-0.25, -0.2) is 0 Å². The first-order valence-electron chi connectivity index (χ1n) is 7.84. The molecule has 0 bridgehead atoms. The monoisotopic (exact) mass is 260 g/mol. The fourth-order valence-corrected chi connectivity index (χ4v) is 3.10. The van der Waals surface area contributed by atoms with Gasteiger partial charge in [0.25, 0.3) is 0 Å². The van der Waals surface area contributed by atoms with Gasteiger partial charge in [0.2, 0.25) is 0 Å². The number of rotatable bonds is 7. The maximum Gasteiger partial charge on any atom is 0.0398 e. The predicted octanol–water partition coefficient (Wildman–Crippen LogP) is 3.59. The third-order valence-corrected chi connectivity index (χ3v) is 4.06. The number of anilines is 1. The van der Waals surface area contributed by atoms with E-state index in [9.17, 15) is 0 Å². The molecular formula is C17H28N2. The van der Waals surface area contributed by atoms with Crippen LogP contribution >= 0.6 is 0 Å². The minimum absolute atomic E-state index is 0.784. The second kappa shape index (κ2) is 7.54. The number of para-hydroxylation sites is 1. The van der Waals surface area contributed by atoms with Crippen molar-refractivity contribution in [2.75, 3.05) is 24.5 Å². The highest BCUT2D eigenvalue weighted by molar-refractivity contribution is 5.55. The third-order valence-electron chi connectivity index (χ3n) is 4.06. The molecule has 0 aliphatic carbocycles. The Morgan fingerprint density at radius 2 is 1.84 bits per heavy atom. The van der Waals surface area contributed by atoms with E-state index in [2.05, 4.69) is 36.1 Å². The molecule has 2 N–H and O–H groups in total. The van der Waals surface area contributed by atoms with Gasteiger partial charge in [-0.2, -0.15) is 0 Å². The van der Waals surface area contributed by atoms with Crippen LogP contribution in [0.4, 0.5) is 5.69 Å². The van der Waals surface area contributed by atoms with Gasteiger partial charge in [-0.1, -0.05) is 44.4 Å². The molecule has 1 aromatic rings. The number of benzene rings is 1. The quantitative estimate of drug-likeness (QED) is 0.759. The highest BCUT2D eigenvalue weighted by Gasteiger charge is 2.20. The van der Waals surface area contributed by atoms with E-state index in [1.165, 1.54) is 62.9 Å². The summed E-state index contributed by atoms with van der Waals surface area (Å²) in [6.45, 7) is 5.64. The molecule has 106 valence electrons. The second-order valence-corrected chi connectivity index (χ2v) is 5.94. The fraction of sp³-hybridized carbons (Fsp3) is 0.647. The Morgan fingerprint density at radius 3 is 2.68 bits per heavy atom. The molecule has 0 amide bonds. The number of fused-ring (bicyclic) bond motifs is 1. The molecule has 0 radical (unpaired) electrons. The number of nitrogens with zero attached hydrogens (tertiary/aromatic N) is 1. The molecule has 0 saturated heterocycles. The molecule has 2 nitrogen and oxygen atoms in total. The number of nitrogens with two attached hydrogens (primary N) is 1. The van der Waals surface area contributed by atoms with Crippen molar-refractivity contribution in [2.24, 2.45) is 11.7 Å². The van der Waals surface area contributed by atoms with Gasteiger partial charge in [0.1, 0.15) is 0 Å². The first-order chi connectivity index (χ1) is 9.31. The largest absolute Gasteiger partial charge is 0.371 e. The third kappa shape index (κ3) is 4.24. The van der Waals surface area contributed by atoms with Crippen LogP contribution in [-0.2, 0) is 6.42 Å². The lowest BCUT2D eigenvalue weighted by Crippen LogP contribution is -2.34. The summed E-state index contributed by atoms with van der Waals surface area (Å²) in [4.78, 5) is 2.59. The molecule has 1 aliphatic rings. The van der Waals surface area contributed by atoms with E-state index in [0.717, 1.165) is 12.5 Å². The summed E-state index contributed by atoms with van der Waals surface area (Å²) >= 11 is 0. The molecule has 1 aliphatic heterocycles. The normalized spacial score (nSPS) is 18.4. The molecule has 0 spiro atoms. The second-order valence-electron chi connectivity index (χ2n) is 5.94. The van der Waals surface area contributed by atoms with E-state index < -0.39 is 0 Å². The minimum atomic E-state index is 0.784. The SMILES string of the molecule is CC1Cc2ccccc2N(CCCCCCCN)C1. The average Bonchev–Trinajstić information content (AvgIpc) is 2.42. The van der Waals surface area contributed by atoms with Crippen molar-refractivity contribution in [1.82, 2.24) is 0 Å². The molecule has 1 aromatic carbocycles. The Hall–Kier alpha value is -1.02. The van der Waals surface area contributed by atoms with Crippen LogP contribution in [0.25, 0.3) is 0 Å². The highest BCUT2D eigenvalue weighted by Crippen LogP contribution is 2.29. The van der Waals surface area contributed by atoms with Gasteiger partial charge in [-0.15, -0.1) is 0 Å². The van der Waals surface area contributed by atoms with Gasteiger partial charge in [0, 0.05) is 18.8 Å². The Balaban J connectivity index is 1.80. The van der Waals surface area contributed by atoms with Crippen LogP contribution in [0.5, 0.6) is 0 Å². The van der Waals surface area contributed by atoms with Gasteiger partial charge in [-0.3, -0.25) is 0 Å². The number of hydrogen-bond donors (Lipinski definition) is 1. The van der Waals surface area contributed by atoms with E-state index in [4.69, 9.17) is 5.73 Å². The van der Waals surface area contributed by atoms with Crippen molar-refractivity contribution in [3.8, 4) is 0 Å². The van der Waals surface area contributed by atoms with E-state index in [1.807, 2.05) is 0 Å². The van der Waals surface area contributed by atoms with Crippen LogP contribution in [0.15, 0.2) is 24.3 Å². The fourth-order valence-electron chi connectivity index (χ4n) is 3.10. The molecule has 0 aromatic heterocycles. The van der Waals surface area contributed by atoms with Crippen molar-refractivity contribution in [3.05, 3.63) is 29.8 Å². The van der Waals surface area contributed by atoms with Gasteiger partial charge in [0.15, 0.2) is 0 Å². The lowest BCUT2D eigenvalue weighted by Gasteiger charge is -2.35. The zero-order chi connectivity index (χ0) is 13.5. The van der Waals surface area contributed by atoms with Crippen molar-refractivity contribution in [1.29, 1.82) is 0 Å². The minimum Gasteiger partial charge on any atom is -0.371 e. The summed E-state index contributed by atoms with van der Waals surface area (Å²) < 4.78 is 0. The standard InChI is InChI=1S/C17H28N2/c1-15-13-16-9-5-6-10-17(16)19(14-15)12-8-4-2-3-7-11-18/h5-6,9-10,15H,2-4,7-8,11-14,18H2,1H3. The molecule has 1 atom stereocenters. The molecule has 2 rings (SSSR count). The summed E-state index contributed by atoms with van der Waals surface area (Å²) in [5.41, 5.74) is 8.53. The number of unbranched alkanes of at least 4 members (excludes halogenated alkanes) is 4. The van der Waals surface area contributed by atoms with E-state index >= 15 is 0 Å². The van der Waals surface area contributed by atoms with Crippen molar-refractivity contribution < 1.29 is 0 Å². The zero-order valence-corrected chi connectivity index (χ0v) is 12.3. The molecule has 19 heavy (non-hydrogen) atoms. The van der Waals surface area contributed by atoms with Crippen LogP contribution in [0.2, 0.25) is 0 Å². The van der Waals surface area contributed by atoms with Crippen LogP contribution in [0.1, 0.15) is 44.6 Å². The summed E-state index contributed by atoms with van der Waals surface area (Å²) in [5.74, 6) is 0.784. The van der Waals surface area contributed by atoms with E-state index in [-0.39, 0.29) is 0 Å². The van der Waals surface area contributed by atoms with Crippen molar-refractivity contribution in [3.63, 3.8) is 0 Å². The summed E-state index contributed by atoms with van der Waals surface area (Å²) in [6, 6.07) is 8.92. The lowest BCUT2D eigenvalue weighted by molar-refractivity contribution is 0.517. The summed E-state index contributed by atoms with van der Waals surface area (Å²) in [6.07, 6.45) is 7.71. The first kappa shape index (κ1) is 14.4. The van der Waals surface area contributed by atoms with Crippen LogP contribution in [-0.4, -0.2) is 19.6 Å². The molecule has 2 heteroatoms. The summed E-state index contributed by atoms with van der Waals surface area (Å²) in [7, 11) is 0. The topological polar surface area (TPSA) is 29.3 Å². The van der Waals surface area contributed by atoms with Crippen LogP contribution in [0, 0.1) is 5.92 Å². The van der Waals surface area contributed by atoms with Gasteiger partial charge >= 0.3 is 0 Å². The molecule has 1 heterocycles. The first-order valence-corrected chi connectivity index (χ1v) is 7.84. The maximum absolute atomic E-state index is 5.52. The Morgan fingerprint density at radius 1 is 1.11 bits per heavy atom. The smallest absolute Gasteiger partial charge is 0.0398 e. The highest BCUT2D eigenvalue weighted by atomic mass is 15.1. The van der Waals surface area contributed by atoms with E-state index in [1.54, 1.807) is 0 Å². The van der Waals surface area contributed by atoms with Crippen LogP contribution < -0.4 is 10.6 Å². The molecule has 0 saturated carbocycles. The molecular weight excluding hydrogens is 232 g/mol. The number of hydrogen-bond acceptors (Lipinski definition) is 2. The lowest BCUT2D eigenvalue weighted by atomic mass is 9.93. The average molecular weight is 260 g/mol. The predicted molar refractivity (Wildman–Crippen MR) is 83.7 cm³/mol. The van der Waals surface area contributed by atoms with E-state index in [0.29, 0.717) is 0 Å². The van der Waals surface area contributed by atoms with Gasteiger partial charge in [-0.05, 0) is 43.4 Å². The zero-order valence-electron chi connectivity index (χ0n) is 12.3.